The SMILES string of the molecule is CC(=O)NCC(=O)N[C@H](C(=O)N[C@@H](Cc1ccccc1)[C@H](O)CN(CC(C)C)S(=O)(=O)c1ccc(O)c(O)c1)C(C)(C)C. The Hall–Kier alpha value is -3.68. The van der Waals surface area contributed by atoms with Crippen molar-refractivity contribution in [1.29, 1.82) is 0 Å². The third-order valence-electron chi connectivity index (χ3n) is 6.57. The molecule has 0 saturated carbocycles. The number of rotatable bonds is 14. The number of carbonyl (C=O) groups excluding carboxylic acids is 3. The standard InChI is InChI=1S/C30H44N4O8S/c1-19(2)17-34(43(41,42)22-12-13-24(36)25(37)15-22)18-26(38)23(14-21-10-8-7-9-11-21)32-29(40)28(30(4,5)6)33-27(39)16-31-20(3)35/h7-13,15,19,23,26,28,36-38H,14,16-18H2,1-6H3,(H,31,35)(H,32,40)(H,33,39)/t23-,26+,28+/m0/s1. The number of hydrogen-bond donors (Lipinski definition) is 6. The Morgan fingerprint density at radius 1 is 0.930 bits per heavy atom. The number of nitrogens with zero attached hydrogens (tertiary/aromatic N) is 1. The van der Waals surface area contributed by atoms with Crippen LogP contribution in [0, 0.1) is 11.3 Å². The van der Waals surface area contributed by atoms with Gasteiger partial charge in [0.1, 0.15) is 6.04 Å². The third kappa shape index (κ3) is 10.8. The van der Waals surface area contributed by atoms with Crippen molar-refractivity contribution in [3.63, 3.8) is 0 Å². The minimum Gasteiger partial charge on any atom is -0.504 e. The van der Waals surface area contributed by atoms with Gasteiger partial charge < -0.3 is 31.3 Å². The first-order valence-corrected chi connectivity index (χ1v) is 15.4. The smallest absolute Gasteiger partial charge is 0.243 e. The fourth-order valence-electron chi connectivity index (χ4n) is 4.34. The fraction of sp³-hybridized carbons (Fsp3) is 0.500. The van der Waals surface area contributed by atoms with Gasteiger partial charge in [-0.15, -0.1) is 0 Å². The number of benzene rings is 2. The minimum atomic E-state index is -4.24. The van der Waals surface area contributed by atoms with Crippen molar-refractivity contribution in [2.45, 2.75) is 71.0 Å². The van der Waals surface area contributed by atoms with Gasteiger partial charge in [-0.1, -0.05) is 65.0 Å². The van der Waals surface area contributed by atoms with Crippen molar-refractivity contribution in [1.82, 2.24) is 20.3 Å². The Kier molecular flexibility index (Phi) is 12.5. The van der Waals surface area contributed by atoms with Crippen molar-refractivity contribution in [3.8, 4) is 11.5 Å². The van der Waals surface area contributed by atoms with E-state index in [1.807, 2.05) is 32.0 Å². The molecule has 0 radical (unpaired) electrons. The summed E-state index contributed by atoms with van der Waals surface area (Å²) in [5.74, 6) is -2.78. The summed E-state index contributed by atoms with van der Waals surface area (Å²) in [6.45, 7) is 9.46. The number of carbonyl (C=O) groups is 3. The highest BCUT2D eigenvalue weighted by Crippen LogP contribution is 2.29. The number of phenolic OH excluding ortho intramolecular Hbond substituents is 2. The van der Waals surface area contributed by atoms with E-state index in [1.54, 1.807) is 32.9 Å². The van der Waals surface area contributed by atoms with Crippen LogP contribution in [-0.4, -0.2) is 83.6 Å². The van der Waals surface area contributed by atoms with Gasteiger partial charge in [0, 0.05) is 26.1 Å². The van der Waals surface area contributed by atoms with Crippen LogP contribution in [0.25, 0.3) is 0 Å². The van der Waals surface area contributed by atoms with Crippen molar-refractivity contribution in [2.75, 3.05) is 19.6 Å². The Morgan fingerprint density at radius 2 is 1.56 bits per heavy atom. The van der Waals surface area contributed by atoms with Crippen LogP contribution in [0.2, 0.25) is 0 Å². The molecule has 3 amide bonds. The number of amides is 3. The van der Waals surface area contributed by atoms with Gasteiger partial charge in [-0.3, -0.25) is 14.4 Å². The van der Waals surface area contributed by atoms with Gasteiger partial charge in [-0.05, 0) is 35.4 Å². The monoisotopic (exact) mass is 620 g/mol. The lowest BCUT2D eigenvalue weighted by molar-refractivity contribution is -0.132. The lowest BCUT2D eigenvalue weighted by Crippen LogP contribution is -2.59. The molecular formula is C30H44N4O8S. The average Bonchev–Trinajstić information content (AvgIpc) is 2.90. The number of hydrogen-bond acceptors (Lipinski definition) is 8. The minimum absolute atomic E-state index is 0.0247. The summed E-state index contributed by atoms with van der Waals surface area (Å²) >= 11 is 0. The molecule has 238 valence electrons. The zero-order valence-corrected chi connectivity index (χ0v) is 26.3. The molecule has 13 heteroatoms. The summed E-state index contributed by atoms with van der Waals surface area (Å²) in [6, 6.07) is 10.2. The van der Waals surface area contributed by atoms with E-state index in [0.29, 0.717) is 0 Å². The van der Waals surface area contributed by atoms with E-state index in [-0.39, 0.29) is 30.3 Å². The van der Waals surface area contributed by atoms with Crippen molar-refractivity contribution >= 4 is 27.7 Å². The third-order valence-corrected chi connectivity index (χ3v) is 8.39. The van der Waals surface area contributed by atoms with Crippen molar-refractivity contribution in [3.05, 3.63) is 54.1 Å². The largest absolute Gasteiger partial charge is 0.504 e. The second-order valence-electron chi connectivity index (χ2n) is 12.0. The normalized spacial score (nSPS) is 14.2. The Labute approximate surface area is 253 Å². The van der Waals surface area contributed by atoms with E-state index < -0.39 is 69.4 Å². The molecule has 43 heavy (non-hydrogen) atoms. The molecule has 0 aliphatic carbocycles. The van der Waals surface area contributed by atoms with Crippen LogP contribution in [-0.2, 0) is 30.8 Å². The lowest BCUT2D eigenvalue weighted by Gasteiger charge is -2.34. The first-order chi connectivity index (χ1) is 19.9. The highest BCUT2D eigenvalue weighted by Gasteiger charge is 2.36. The number of aliphatic hydroxyl groups is 1. The first kappa shape index (κ1) is 35.5. The van der Waals surface area contributed by atoms with Crippen LogP contribution in [0.15, 0.2) is 53.4 Å². The van der Waals surface area contributed by atoms with E-state index in [4.69, 9.17) is 0 Å². The molecule has 6 N–H and O–H groups in total. The molecule has 0 aromatic heterocycles. The van der Waals surface area contributed by atoms with Gasteiger partial charge in [0.15, 0.2) is 11.5 Å². The molecule has 0 aliphatic rings. The maximum Gasteiger partial charge on any atom is 0.243 e. The molecule has 0 spiro atoms. The van der Waals surface area contributed by atoms with E-state index >= 15 is 0 Å². The predicted octanol–water partition coefficient (Wildman–Crippen LogP) is 1.50. The van der Waals surface area contributed by atoms with Crippen LogP contribution in [0.3, 0.4) is 0 Å². The molecule has 0 unspecified atom stereocenters. The molecular weight excluding hydrogens is 576 g/mol. The summed E-state index contributed by atoms with van der Waals surface area (Å²) in [5, 5.41) is 38.9. The summed E-state index contributed by atoms with van der Waals surface area (Å²) in [6.07, 6.45) is -1.24. The second kappa shape index (κ2) is 15.2. The quantitative estimate of drug-likeness (QED) is 0.172. The molecule has 0 fully saturated rings. The molecule has 2 rings (SSSR count). The molecule has 2 aromatic carbocycles. The summed E-state index contributed by atoms with van der Waals surface area (Å²) in [5.41, 5.74) is 0.0158. The zero-order chi connectivity index (χ0) is 32.5. The Morgan fingerprint density at radius 3 is 2.09 bits per heavy atom. The summed E-state index contributed by atoms with van der Waals surface area (Å²) in [4.78, 5) is 37.1. The zero-order valence-electron chi connectivity index (χ0n) is 25.5. The molecule has 0 aliphatic heterocycles. The molecule has 12 nitrogen and oxygen atoms in total. The second-order valence-corrected chi connectivity index (χ2v) is 14.0. The van der Waals surface area contributed by atoms with E-state index in [1.165, 1.54) is 6.92 Å². The summed E-state index contributed by atoms with van der Waals surface area (Å²) in [7, 11) is -4.24. The van der Waals surface area contributed by atoms with Crippen LogP contribution in [0.4, 0.5) is 0 Å². The van der Waals surface area contributed by atoms with E-state index in [2.05, 4.69) is 16.0 Å². The van der Waals surface area contributed by atoms with Gasteiger partial charge in [-0.2, -0.15) is 4.31 Å². The number of aromatic hydroxyl groups is 2. The Bertz CT molecular complexity index is 1360. The van der Waals surface area contributed by atoms with Crippen LogP contribution in [0.5, 0.6) is 11.5 Å². The van der Waals surface area contributed by atoms with Crippen LogP contribution >= 0.6 is 0 Å². The van der Waals surface area contributed by atoms with E-state index in [9.17, 15) is 38.1 Å². The Balaban J connectivity index is 2.40. The van der Waals surface area contributed by atoms with Gasteiger partial charge in [-0.25, -0.2) is 8.42 Å². The fourth-order valence-corrected chi connectivity index (χ4v) is 5.98. The number of nitrogens with one attached hydrogen (secondary N) is 3. The van der Waals surface area contributed by atoms with Crippen molar-refractivity contribution < 1.29 is 38.1 Å². The maximum absolute atomic E-state index is 13.6. The van der Waals surface area contributed by atoms with Gasteiger partial charge in [0.05, 0.1) is 23.6 Å². The highest BCUT2D eigenvalue weighted by molar-refractivity contribution is 7.89. The van der Waals surface area contributed by atoms with Crippen molar-refractivity contribution in [2.24, 2.45) is 11.3 Å². The van der Waals surface area contributed by atoms with Gasteiger partial charge >= 0.3 is 0 Å². The van der Waals surface area contributed by atoms with Gasteiger partial charge in [0.25, 0.3) is 0 Å². The highest BCUT2D eigenvalue weighted by atomic mass is 32.2. The average molecular weight is 621 g/mol. The van der Waals surface area contributed by atoms with E-state index in [0.717, 1.165) is 28.1 Å². The van der Waals surface area contributed by atoms with Crippen LogP contribution < -0.4 is 16.0 Å². The number of sulfonamides is 1. The maximum atomic E-state index is 13.6. The molecule has 2 aromatic rings. The predicted molar refractivity (Wildman–Crippen MR) is 162 cm³/mol. The number of phenols is 2. The number of aliphatic hydroxyl groups excluding tert-OH is 1. The lowest BCUT2D eigenvalue weighted by atomic mass is 9.85. The summed E-state index contributed by atoms with van der Waals surface area (Å²) < 4.78 is 28.3. The molecule has 3 atom stereocenters. The molecule has 0 bridgehead atoms. The van der Waals surface area contributed by atoms with Crippen LogP contribution in [0.1, 0.15) is 47.1 Å². The first-order valence-electron chi connectivity index (χ1n) is 14.0. The molecule has 0 heterocycles. The molecule has 0 saturated heterocycles. The van der Waals surface area contributed by atoms with Gasteiger partial charge in [0.2, 0.25) is 27.7 Å². The topological polar surface area (TPSA) is 185 Å².